The first kappa shape index (κ1) is 12.0. The first-order chi connectivity index (χ1) is 7.43. The Kier molecular flexibility index (Phi) is 3.08. The van der Waals surface area contributed by atoms with Gasteiger partial charge in [0.1, 0.15) is 0 Å². The van der Waals surface area contributed by atoms with E-state index in [1.165, 1.54) is 0 Å². The van der Waals surface area contributed by atoms with Gasteiger partial charge in [-0.15, -0.1) is 0 Å². The van der Waals surface area contributed by atoms with E-state index in [9.17, 15) is 0 Å². The summed E-state index contributed by atoms with van der Waals surface area (Å²) in [7, 11) is 0. The zero-order valence-electron chi connectivity index (χ0n) is 9.50. The second kappa shape index (κ2) is 4.10. The molecule has 1 aliphatic rings. The summed E-state index contributed by atoms with van der Waals surface area (Å²) in [6.45, 7) is 5.21. The summed E-state index contributed by atoms with van der Waals surface area (Å²) in [6, 6.07) is 5.71. The minimum absolute atomic E-state index is 0.0751. The predicted octanol–water partition coefficient (Wildman–Crippen LogP) is 3.31. The van der Waals surface area contributed by atoms with Crippen LogP contribution in [0.3, 0.4) is 0 Å². The van der Waals surface area contributed by atoms with Crippen LogP contribution < -0.4 is 10.6 Å². The van der Waals surface area contributed by atoms with Crippen molar-refractivity contribution in [2.45, 2.75) is 31.8 Å². The number of nitrogens with two attached hydrogens (primary N) is 1. The van der Waals surface area contributed by atoms with E-state index in [1.54, 1.807) is 6.07 Å². The summed E-state index contributed by atoms with van der Waals surface area (Å²) in [5.41, 5.74) is 7.01. The van der Waals surface area contributed by atoms with Crippen LogP contribution >= 0.6 is 23.2 Å². The third-order valence-electron chi connectivity index (χ3n) is 3.47. The summed E-state index contributed by atoms with van der Waals surface area (Å²) in [6.07, 6.45) is 0.982. The van der Waals surface area contributed by atoms with E-state index in [4.69, 9.17) is 28.9 Å². The van der Waals surface area contributed by atoms with Crippen LogP contribution in [0.25, 0.3) is 0 Å². The van der Waals surface area contributed by atoms with Crippen molar-refractivity contribution in [2.75, 3.05) is 11.4 Å². The van der Waals surface area contributed by atoms with E-state index in [-0.39, 0.29) is 11.6 Å². The first-order valence-electron chi connectivity index (χ1n) is 5.41. The third kappa shape index (κ3) is 1.90. The Morgan fingerprint density at radius 2 is 2.06 bits per heavy atom. The van der Waals surface area contributed by atoms with Crippen LogP contribution in [-0.4, -0.2) is 18.1 Å². The van der Waals surface area contributed by atoms with Gasteiger partial charge in [0.15, 0.2) is 0 Å². The molecule has 2 N–H and O–H groups in total. The van der Waals surface area contributed by atoms with Gasteiger partial charge >= 0.3 is 0 Å². The fourth-order valence-electron chi connectivity index (χ4n) is 2.23. The Balaban J connectivity index is 2.41. The van der Waals surface area contributed by atoms with Gasteiger partial charge in [-0.1, -0.05) is 23.2 Å². The highest BCUT2D eigenvalue weighted by atomic mass is 35.5. The highest BCUT2D eigenvalue weighted by molar-refractivity contribution is 6.35. The van der Waals surface area contributed by atoms with Crippen molar-refractivity contribution in [2.24, 2.45) is 5.73 Å². The minimum Gasteiger partial charge on any atom is -0.364 e. The molecule has 88 valence electrons. The van der Waals surface area contributed by atoms with E-state index in [0.29, 0.717) is 5.02 Å². The van der Waals surface area contributed by atoms with Gasteiger partial charge in [0.2, 0.25) is 0 Å². The lowest BCUT2D eigenvalue weighted by Gasteiger charge is -2.36. The molecule has 1 unspecified atom stereocenters. The molecule has 0 spiro atoms. The van der Waals surface area contributed by atoms with E-state index < -0.39 is 0 Å². The molecule has 1 heterocycles. The molecule has 0 amide bonds. The van der Waals surface area contributed by atoms with E-state index in [1.807, 2.05) is 12.1 Å². The molecule has 0 saturated carbocycles. The van der Waals surface area contributed by atoms with E-state index >= 15 is 0 Å². The smallest absolute Gasteiger partial charge is 0.0640 e. The molecule has 1 atom stereocenters. The van der Waals surface area contributed by atoms with Crippen molar-refractivity contribution in [1.29, 1.82) is 0 Å². The van der Waals surface area contributed by atoms with Crippen LogP contribution in [0.1, 0.15) is 20.3 Å². The van der Waals surface area contributed by atoms with Gasteiger partial charge in [0, 0.05) is 23.1 Å². The second-order valence-electron chi connectivity index (χ2n) is 4.80. The van der Waals surface area contributed by atoms with Gasteiger partial charge in [-0.2, -0.15) is 0 Å². The Hall–Kier alpha value is -0.440. The number of hydrogen-bond donors (Lipinski definition) is 1. The monoisotopic (exact) mass is 258 g/mol. The molecular formula is C12H16Cl2N2. The van der Waals surface area contributed by atoms with Gasteiger partial charge in [-0.3, -0.25) is 0 Å². The molecule has 1 saturated heterocycles. The number of benzene rings is 1. The molecule has 4 heteroatoms. The maximum absolute atomic E-state index is 6.21. The van der Waals surface area contributed by atoms with Crippen molar-refractivity contribution >= 4 is 28.9 Å². The van der Waals surface area contributed by atoms with Crippen LogP contribution in [0.5, 0.6) is 0 Å². The molecule has 1 fully saturated rings. The normalized spacial score (nSPS) is 23.8. The third-order valence-corrected chi connectivity index (χ3v) is 4.02. The molecule has 2 rings (SSSR count). The van der Waals surface area contributed by atoms with Crippen molar-refractivity contribution in [3.63, 3.8) is 0 Å². The Morgan fingerprint density at radius 1 is 1.38 bits per heavy atom. The predicted molar refractivity (Wildman–Crippen MR) is 70.5 cm³/mol. The lowest BCUT2D eigenvalue weighted by atomic mass is 9.96. The molecule has 16 heavy (non-hydrogen) atoms. The van der Waals surface area contributed by atoms with Crippen molar-refractivity contribution in [1.82, 2.24) is 0 Å². The van der Waals surface area contributed by atoms with Gasteiger partial charge in [-0.25, -0.2) is 0 Å². The van der Waals surface area contributed by atoms with Crippen molar-refractivity contribution in [3.05, 3.63) is 28.2 Å². The van der Waals surface area contributed by atoms with Crippen LogP contribution in [-0.2, 0) is 0 Å². The molecule has 0 aliphatic carbocycles. The van der Waals surface area contributed by atoms with Gasteiger partial charge < -0.3 is 10.6 Å². The van der Waals surface area contributed by atoms with Gasteiger partial charge in [0.25, 0.3) is 0 Å². The molecular weight excluding hydrogens is 243 g/mol. The number of rotatable bonds is 1. The Bertz CT molecular complexity index is 404. The lowest BCUT2D eigenvalue weighted by molar-refractivity contribution is 0.453. The second-order valence-corrected chi connectivity index (χ2v) is 5.64. The standard InChI is InChI=1S/C12H16Cl2N2/c1-12(2)11(15)5-6-16(12)10-7-8(13)3-4-9(10)14/h3-4,7,11H,5-6,15H2,1-2H3. The summed E-state index contributed by atoms with van der Waals surface area (Å²) in [5.74, 6) is 0. The van der Waals surface area contributed by atoms with E-state index in [0.717, 1.165) is 23.7 Å². The molecule has 1 aromatic rings. The molecule has 2 nitrogen and oxygen atoms in total. The highest BCUT2D eigenvalue weighted by Crippen LogP contribution is 2.38. The number of halogens is 2. The zero-order chi connectivity index (χ0) is 11.9. The van der Waals surface area contributed by atoms with Gasteiger partial charge in [0.05, 0.1) is 10.7 Å². The number of nitrogens with zero attached hydrogens (tertiary/aromatic N) is 1. The van der Waals surface area contributed by atoms with Crippen LogP contribution in [0, 0.1) is 0 Å². The maximum Gasteiger partial charge on any atom is 0.0640 e. The molecule has 0 aromatic heterocycles. The molecule has 0 bridgehead atoms. The largest absolute Gasteiger partial charge is 0.364 e. The van der Waals surface area contributed by atoms with Gasteiger partial charge in [-0.05, 0) is 38.5 Å². The van der Waals surface area contributed by atoms with Crippen LogP contribution in [0.2, 0.25) is 10.0 Å². The highest BCUT2D eigenvalue weighted by Gasteiger charge is 2.39. The SMILES string of the molecule is CC1(C)C(N)CCN1c1cc(Cl)ccc1Cl. The zero-order valence-corrected chi connectivity index (χ0v) is 11.0. The van der Waals surface area contributed by atoms with E-state index in [2.05, 4.69) is 18.7 Å². The van der Waals surface area contributed by atoms with Crippen molar-refractivity contribution < 1.29 is 0 Å². The fraction of sp³-hybridized carbons (Fsp3) is 0.500. The number of hydrogen-bond acceptors (Lipinski definition) is 2. The average molecular weight is 259 g/mol. The van der Waals surface area contributed by atoms with Crippen molar-refractivity contribution in [3.8, 4) is 0 Å². The summed E-state index contributed by atoms with van der Waals surface area (Å²) >= 11 is 12.2. The quantitative estimate of drug-likeness (QED) is 0.838. The summed E-state index contributed by atoms with van der Waals surface area (Å²) in [5, 5.41) is 1.43. The average Bonchev–Trinajstić information content (AvgIpc) is 2.47. The maximum atomic E-state index is 6.21. The molecule has 0 radical (unpaired) electrons. The molecule has 1 aromatic carbocycles. The topological polar surface area (TPSA) is 29.3 Å². The lowest BCUT2D eigenvalue weighted by Crippen LogP contribution is -2.49. The fourth-order valence-corrected chi connectivity index (χ4v) is 2.62. The first-order valence-corrected chi connectivity index (χ1v) is 6.17. The van der Waals surface area contributed by atoms with Crippen LogP contribution in [0.4, 0.5) is 5.69 Å². The Morgan fingerprint density at radius 3 is 2.62 bits per heavy atom. The van der Waals surface area contributed by atoms with Crippen LogP contribution in [0.15, 0.2) is 18.2 Å². The summed E-state index contributed by atoms with van der Waals surface area (Å²) in [4.78, 5) is 2.24. The number of anilines is 1. The Labute approximate surface area is 106 Å². The molecule has 1 aliphatic heterocycles. The minimum atomic E-state index is -0.0751. The summed E-state index contributed by atoms with van der Waals surface area (Å²) < 4.78 is 0.